The number of guanidine groups is 1. The van der Waals surface area contributed by atoms with Crippen LogP contribution in [0.25, 0.3) is 10.9 Å². The number of amides is 2. The van der Waals surface area contributed by atoms with Gasteiger partial charge in [-0.25, -0.2) is 9.78 Å². The Morgan fingerprint density at radius 3 is 2.54 bits per heavy atom. The van der Waals surface area contributed by atoms with E-state index in [0.29, 0.717) is 18.5 Å². The Balaban J connectivity index is 1.75. The van der Waals surface area contributed by atoms with Crippen LogP contribution in [0.1, 0.15) is 71.8 Å². The fraction of sp³-hybridized carbons (Fsp3) is 0.400. The van der Waals surface area contributed by atoms with E-state index in [2.05, 4.69) is 25.6 Å². The molecule has 0 saturated heterocycles. The molecule has 0 aliphatic heterocycles. The number of hydrogen-bond donors (Lipinski definition) is 6. The number of hydrogen-bond acceptors (Lipinski definition) is 6. The number of nitrogens with zero attached hydrogens (tertiary/aromatic N) is 2. The zero-order valence-corrected chi connectivity index (χ0v) is 21.1. The molecule has 0 saturated carbocycles. The lowest BCUT2D eigenvalue weighted by atomic mass is 10.0. The first kappa shape index (κ1) is 27.2. The first-order chi connectivity index (χ1) is 17.5. The van der Waals surface area contributed by atoms with Gasteiger partial charge >= 0.3 is 5.97 Å². The molecule has 37 heavy (non-hydrogen) atoms. The number of aryl methyl sites for hydroxylation is 1. The summed E-state index contributed by atoms with van der Waals surface area (Å²) in [6.07, 6.45) is 0.988. The molecular weight excluding hydrogens is 478 g/mol. The van der Waals surface area contributed by atoms with Crippen LogP contribution in [0.4, 0.5) is 0 Å². The molecule has 2 amide bonds. The van der Waals surface area contributed by atoms with Crippen molar-refractivity contribution in [2.75, 3.05) is 6.54 Å². The molecule has 2 heterocycles. The minimum absolute atomic E-state index is 0.0425. The molecule has 12 heteroatoms. The normalized spacial score (nSPS) is 12.8. The van der Waals surface area contributed by atoms with Crippen LogP contribution >= 0.6 is 0 Å². The van der Waals surface area contributed by atoms with Crippen molar-refractivity contribution >= 4 is 34.6 Å². The van der Waals surface area contributed by atoms with Crippen molar-refractivity contribution < 1.29 is 23.9 Å². The molecule has 12 nitrogen and oxygen atoms in total. The van der Waals surface area contributed by atoms with Crippen LogP contribution in [0.3, 0.4) is 0 Å². The molecule has 0 radical (unpaired) electrons. The highest BCUT2D eigenvalue weighted by molar-refractivity contribution is 5.98. The molecule has 2 atom stereocenters. The Kier molecular flexibility index (Phi) is 8.88. The Morgan fingerprint density at radius 1 is 1.16 bits per heavy atom. The van der Waals surface area contributed by atoms with Gasteiger partial charge in [-0.1, -0.05) is 32.0 Å². The molecule has 3 aromatic rings. The molecule has 0 aliphatic rings. The van der Waals surface area contributed by atoms with Crippen molar-refractivity contribution in [2.45, 2.75) is 52.1 Å². The van der Waals surface area contributed by atoms with Crippen LogP contribution in [-0.2, 0) is 4.79 Å². The number of rotatable bonds is 12. The van der Waals surface area contributed by atoms with Crippen molar-refractivity contribution in [3.8, 4) is 0 Å². The highest BCUT2D eigenvalue weighted by atomic mass is 16.4. The molecule has 0 aliphatic carbocycles. The predicted octanol–water partition coefficient (Wildman–Crippen LogP) is 2.22. The van der Waals surface area contributed by atoms with Crippen LogP contribution in [0, 0.1) is 12.8 Å². The molecule has 198 valence electrons. The van der Waals surface area contributed by atoms with Crippen LogP contribution in [0.5, 0.6) is 0 Å². The van der Waals surface area contributed by atoms with Gasteiger partial charge in [0.05, 0.1) is 0 Å². The third-order valence-electron chi connectivity index (χ3n) is 5.66. The summed E-state index contributed by atoms with van der Waals surface area (Å²) in [5.41, 5.74) is 11.7. The van der Waals surface area contributed by atoms with Gasteiger partial charge in [0.1, 0.15) is 23.5 Å². The zero-order valence-electron chi connectivity index (χ0n) is 21.1. The molecule has 2 aromatic heterocycles. The molecular formula is C25H33N7O5. The number of aromatic nitrogens is 2. The van der Waals surface area contributed by atoms with Gasteiger partial charge in [0.15, 0.2) is 11.7 Å². The topological polar surface area (TPSA) is 202 Å². The molecule has 1 aromatic carbocycles. The Labute approximate surface area is 213 Å². The van der Waals surface area contributed by atoms with Crippen molar-refractivity contribution in [1.29, 1.82) is 0 Å². The van der Waals surface area contributed by atoms with Crippen molar-refractivity contribution in [3.63, 3.8) is 0 Å². The maximum absolute atomic E-state index is 13.0. The van der Waals surface area contributed by atoms with Gasteiger partial charge in [0.2, 0.25) is 5.89 Å². The number of oxazole rings is 1. The van der Waals surface area contributed by atoms with E-state index in [1.54, 1.807) is 13.0 Å². The van der Waals surface area contributed by atoms with Gasteiger partial charge in [-0.05, 0) is 44.2 Å². The second kappa shape index (κ2) is 12.1. The number of carboxylic acids is 1. The fourth-order valence-corrected chi connectivity index (χ4v) is 3.89. The molecule has 8 N–H and O–H groups in total. The SMILES string of the molecule is Cc1oc(C(CC(C)C)NC(=O)c2cc3ccccc3[nH]2)nc1C(=O)NC(CCCN=C(N)N)C(=O)O. The van der Waals surface area contributed by atoms with Gasteiger partial charge in [-0.2, -0.15) is 0 Å². The van der Waals surface area contributed by atoms with E-state index in [0.717, 1.165) is 10.9 Å². The first-order valence-corrected chi connectivity index (χ1v) is 12.0. The second-order valence-electron chi connectivity index (χ2n) is 9.20. The summed E-state index contributed by atoms with van der Waals surface area (Å²) in [7, 11) is 0. The summed E-state index contributed by atoms with van der Waals surface area (Å²) in [5, 5.41) is 15.8. The lowest BCUT2D eigenvalue weighted by Crippen LogP contribution is -2.41. The van der Waals surface area contributed by atoms with Gasteiger partial charge in [-0.3, -0.25) is 14.6 Å². The number of nitrogens with one attached hydrogen (secondary N) is 3. The molecule has 3 rings (SSSR count). The van der Waals surface area contributed by atoms with Crippen LogP contribution in [0.15, 0.2) is 39.7 Å². The van der Waals surface area contributed by atoms with E-state index in [1.807, 2.05) is 38.1 Å². The Bertz CT molecular complexity index is 1260. The van der Waals surface area contributed by atoms with E-state index < -0.39 is 24.0 Å². The molecule has 2 unspecified atom stereocenters. The van der Waals surface area contributed by atoms with Crippen molar-refractivity contribution in [3.05, 3.63) is 53.4 Å². The standard InChI is InChI=1S/C25H33N7O5/c1-13(2)11-19(31-21(33)18-12-15-7-4-5-8-16(15)29-18)23-32-20(14(3)37-23)22(34)30-17(24(35)36)9-6-10-28-25(26)27/h4-5,7-8,12-13,17,19,29H,6,9-11H2,1-3H3,(H,30,34)(H,31,33)(H,35,36)(H4,26,27,28). The van der Waals surface area contributed by atoms with Crippen LogP contribution in [-0.4, -0.2) is 51.4 Å². The summed E-state index contributed by atoms with van der Waals surface area (Å²) in [6, 6.07) is 7.55. The number of fused-ring (bicyclic) bond motifs is 1. The third-order valence-corrected chi connectivity index (χ3v) is 5.66. The lowest BCUT2D eigenvalue weighted by Gasteiger charge is -2.17. The number of carboxylic acid groups (broad SMARTS) is 1. The number of H-pyrrole nitrogens is 1. The number of para-hydroxylation sites is 1. The highest BCUT2D eigenvalue weighted by Crippen LogP contribution is 2.24. The van der Waals surface area contributed by atoms with Gasteiger partial charge < -0.3 is 36.6 Å². The number of aliphatic carboxylic acids is 1. The number of benzene rings is 1. The van der Waals surface area contributed by atoms with E-state index >= 15 is 0 Å². The van der Waals surface area contributed by atoms with Crippen molar-refractivity contribution in [1.82, 2.24) is 20.6 Å². The Morgan fingerprint density at radius 2 is 1.89 bits per heavy atom. The maximum Gasteiger partial charge on any atom is 0.326 e. The average molecular weight is 512 g/mol. The first-order valence-electron chi connectivity index (χ1n) is 12.0. The lowest BCUT2D eigenvalue weighted by molar-refractivity contribution is -0.139. The zero-order chi connectivity index (χ0) is 27.1. The minimum Gasteiger partial charge on any atom is -0.480 e. The van der Waals surface area contributed by atoms with Crippen LogP contribution in [0.2, 0.25) is 0 Å². The number of carbonyl (C=O) groups is 3. The molecule has 0 fully saturated rings. The van der Waals surface area contributed by atoms with Gasteiger partial charge in [0, 0.05) is 17.4 Å². The quantitative estimate of drug-likeness (QED) is 0.121. The third kappa shape index (κ3) is 7.32. The van der Waals surface area contributed by atoms with Crippen LogP contribution < -0.4 is 22.1 Å². The number of aliphatic imine (C=N–C) groups is 1. The predicted molar refractivity (Wildman–Crippen MR) is 138 cm³/mol. The average Bonchev–Trinajstić information content (AvgIpc) is 3.43. The van der Waals surface area contributed by atoms with E-state index in [4.69, 9.17) is 15.9 Å². The van der Waals surface area contributed by atoms with Gasteiger partial charge in [-0.15, -0.1) is 0 Å². The summed E-state index contributed by atoms with van der Waals surface area (Å²) < 4.78 is 5.77. The monoisotopic (exact) mass is 511 g/mol. The van der Waals surface area contributed by atoms with E-state index in [9.17, 15) is 19.5 Å². The summed E-state index contributed by atoms with van der Waals surface area (Å²) in [5.74, 6) is -1.75. The number of carbonyl (C=O) groups excluding carboxylic acids is 2. The number of aromatic amines is 1. The number of nitrogens with two attached hydrogens (primary N) is 2. The highest BCUT2D eigenvalue weighted by Gasteiger charge is 2.28. The summed E-state index contributed by atoms with van der Waals surface area (Å²) >= 11 is 0. The van der Waals surface area contributed by atoms with E-state index in [-0.39, 0.29) is 48.1 Å². The second-order valence-corrected chi connectivity index (χ2v) is 9.20. The van der Waals surface area contributed by atoms with E-state index in [1.165, 1.54) is 0 Å². The van der Waals surface area contributed by atoms with Gasteiger partial charge in [0.25, 0.3) is 11.8 Å². The fourth-order valence-electron chi connectivity index (χ4n) is 3.89. The molecule has 0 bridgehead atoms. The largest absolute Gasteiger partial charge is 0.480 e. The molecule has 0 spiro atoms. The summed E-state index contributed by atoms with van der Waals surface area (Å²) in [6.45, 7) is 5.78. The smallest absolute Gasteiger partial charge is 0.326 e. The summed E-state index contributed by atoms with van der Waals surface area (Å²) in [4.78, 5) is 48.8. The van der Waals surface area contributed by atoms with Crippen molar-refractivity contribution in [2.24, 2.45) is 22.4 Å². The maximum atomic E-state index is 13.0. The Hall–Kier alpha value is -4.35. The minimum atomic E-state index is -1.19.